The van der Waals surface area contributed by atoms with E-state index in [-0.39, 0.29) is 25.9 Å². The van der Waals surface area contributed by atoms with E-state index in [9.17, 15) is 28.9 Å². The fourth-order valence-electron chi connectivity index (χ4n) is 6.57. The summed E-state index contributed by atoms with van der Waals surface area (Å²) in [5.74, 6) is -1.57. The molecule has 0 fully saturated rings. The van der Waals surface area contributed by atoms with Crippen LogP contribution in [0, 0.1) is 0 Å². The van der Waals surface area contributed by atoms with Gasteiger partial charge in [0.15, 0.2) is 6.10 Å². The molecule has 0 spiro atoms. The molecule has 0 aliphatic carbocycles. The molecule has 0 saturated heterocycles. The number of hydrogen-bond donors (Lipinski definition) is 2. The average Bonchev–Trinajstić information content (AvgIpc) is 3.32. The summed E-state index contributed by atoms with van der Waals surface area (Å²) < 4.78 is 39.3. The molecule has 0 aliphatic heterocycles. The third-order valence-corrected chi connectivity index (χ3v) is 11.5. The summed E-state index contributed by atoms with van der Waals surface area (Å²) in [6.45, 7) is 4.28. The zero-order chi connectivity index (χ0) is 49.9. The Morgan fingerprint density at radius 2 is 0.765 bits per heavy atom. The Balaban J connectivity index is 4.89. The van der Waals surface area contributed by atoms with E-state index in [1.54, 1.807) is 0 Å². The van der Waals surface area contributed by atoms with Gasteiger partial charge in [-0.25, -0.2) is 4.57 Å². The maximum atomic E-state index is 12.8. The molecule has 0 aromatic heterocycles. The van der Waals surface area contributed by atoms with Crippen molar-refractivity contribution in [2.24, 2.45) is 0 Å². The highest BCUT2D eigenvalue weighted by Crippen LogP contribution is 2.43. The van der Waals surface area contributed by atoms with Gasteiger partial charge in [-0.15, -0.1) is 0 Å². The molecule has 0 aromatic rings. The third kappa shape index (κ3) is 47.5. The summed E-state index contributed by atoms with van der Waals surface area (Å²) in [4.78, 5) is 48.3. The minimum Gasteiger partial charge on any atom is -0.462 e. The second-order valence-electron chi connectivity index (χ2n) is 16.9. The maximum absolute atomic E-state index is 12.8. The molecule has 0 saturated carbocycles. The van der Waals surface area contributed by atoms with Gasteiger partial charge in [-0.2, -0.15) is 0 Å². The highest BCUT2D eigenvalue weighted by atomic mass is 31.2. The molecule has 3 atom stereocenters. The number of carbonyl (C=O) groups is 3. The van der Waals surface area contributed by atoms with Crippen molar-refractivity contribution >= 4 is 25.7 Å². The lowest BCUT2D eigenvalue weighted by atomic mass is 10.1. The second-order valence-corrected chi connectivity index (χ2v) is 18.4. The summed E-state index contributed by atoms with van der Waals surface area (Å²) in [6, 6.07) is 0. The lowest BCUT2D eigenvalue weighted by Crippen LogP contribution is -2.30. The molecular formula is C56H93O11P. The molecule has 12 heteroatoms. The van der Waals surface area contributed by atoms with Crippen LogP contribution in [0.15, 0.2) is 97.2 Å². The van der Waals surface area contributed by atoms with E-state index in [0.717, 1.165) is 96.3 Å². The van der Waals surface area contributed by atoms with Gasteiger partial charge < -0.3 is 24.2 Å². The highest BCUT2D eigenvalue weighted by Gasteiger charge is 2.28. The molecule has 388 valence electrons. The first-order valence-electron chi connectivity index (χ1n) is 26.1. The quantitative estimate of drug-likeness (QED) is 0.0197. The Morgan fingerprint density at radius 3 is 1.18 bits per heavy atom. The number of phosphoric ester groups is 1. The topological polar surface area (TPSA) is 155 Å². The van der Waals surface area contributed by atoms with E-state index >= 15 is 0 Å². The van der Waals surface area contributed by atoms with Gasteiger partial charge in [-0.3, -0.25) is 23.4 Å². The van der Waals surface area contributed by atoms with Gasteiger partial charge in [0.1, 0.15) is 12.7 Å². The molecule has 2 N–H and O–H groups in total. The highest BCUT2D eigenvalue weighted by molar-refractivity contribution is 7.47. The minimum atomic E-state index is -4.76. The van der Waals surface area contributed by atoms with Gasteiger partial charge >= 0.3 is 25.7 Å². The molecule has 0 aromatic carbocycles. The van der Waals surface area contributed by atoms with Crippen LogP contribution in [0.5, 0.6) is 0 Å². The molecule has 0 aliphatic rings. The maximum Gasteiger partial charge on any atom is 0.472 e. The van der Waals surface area contributed by atoms with Crippen molar-refractivity contribution in [1.82, 2.24) is 0 Å². The average molecular weight is 973 g/mol. The van der Waals surface area contributed by atoms with Gasteiger partial charge in [-0.05, 0) is 96.3 Å². The van der Waals surface area contributed by atoms with Crippen LogP contribution < -0.4 is 0 Å². The first-order valence-corrected chi connectivity index (χ1v) is 27.6. The molecular weight excluding hydrogens is 880 g/mol. The van der Waals surface area contributed by atoms with Crippen molar-refractivity contribution < 1.29 is 52.2 Å². The zero-order valence-corrected chi connectivity index (χ0v) is 43.4. The van der Waals surface area contributed by atoms with Crippen molar-refractivity contribution in [3.63, 3.8) is 0 Å². The van der Waals surface area contributed by atoms with Crippen LogP contribution in [0.4, 0.5) is 0 Å². The predicted molar refractivity (Wildman–Crippen MR) is 279 cm³/mol. The van der Waals surface area contributed by atoms with E-state index in [1.807, 2.05) is 0 Å². The van der Waals surface area contributed by atoms with E-state index in [0.29, 0.717) is 19.3 Å². The fourth-order valence-corrected chi connectivity index (χ4v) is 7.36. The van der Waals surface area contributed by atoms with E-state index in [2.05, 4.69) is 118 Å². The lowest BCUT2D eigenvalue weighted by molar-refractivity contribution is -0.161. The standard InChI is InChI=1S/C56H93O11P/c1-4-7-10-13-16-19-22-24-26-28-31-33-36-39-42-45-54(58)63-49-53(67-56(60)47-44-41-38-35-32-29-27-25-23-20-17-14-11-8-5-2)51-65-68(61,62)64-50-52(48-57)66-55(59)46-43-40-37-34-30-21-18-15-12-9-6-3/h7-8,10-11,16-17,19-20,24-27,31-33,35,52-53,57H,4-6,9,12-15,18,21-23,28-30,34,36-51H2,1-3H3,(H,61,62)/b10-7-,11-8-,19-16-,20-17-,26-24-,27-25-,33-31-,35-32-. The molecule has 0 bridgehead atoms. The number of aliphatic hydroxyl groups is 1. The zero-order valence-electron chi connectivity index (χ0n) is 42.5. The van der Waals surface area contributed by atoms with Crippen molar-refractivity contribution in [2.45, 2.75) is 213 Å². The molecule has 11 nitrogen and oxygen atoms in total. The van der Waals surface area contributed by atoms with Gasteiger partial charge in [0, 0.05) is 19.3 Å². The Bertz CT molecular complexity index is 1510. The number of ether oxygens (including phenoxy) is 3. The number of rotatable bonds is 47. The normalized spacial score (nSPS) is 14.2. The van der Waals surface area contributed by atoms with E-state index < -0.39 is 57.8 Å². The van der Waals surface area contributed by atoms with Crippen LogP contribution in [-0.2, 0) is 42.2 Å². The van der Waals surface area contributed by atoms with Crippen molar-refractivity contribution in [3.05, 3.63) is 97.2 Å². The SMILES string of the molecule is CC/C=C\C/C=C\C/C=C\C/C=C\CCCCC(=O)OCC(COP(=O)(O)OCC(CO)OC(=O)CCCCCCCCCCCCC)OC(=O)CCCC/C=C\C/C=C\C/C=C\C/C=C\CC. The predicted octanol–water partition coefficient (Wildman–Crippen LogP) is 14.9. The van der Waals surface area contributed by atoms with Crippen molar-refractivity contribution in [1.29, 1.82) is 0 Å². The summed E-state index contributed by atoms with van der Waals surface area (Å²) in [5, 5.41) is 9.76. The number of unbranched alkanes of at least 4 members (excludes halogenated alkanes) is 14. The smallest absolute Gasteiger partial charge is 0.462 e. The summed E-state index contributed by atoms with van der Waals surface area (Å²) >= 11 is 0. The van der Waals surface area contributed by atoms with Gasteiger partial charge in [0.2, 0.25) is 0 Å². The van der Waals surface area contributed by atoms with Crippen LogP contribution in [0.3, 0.4) is 0 Å². The third-order valence-electron chi connectivity index (χ3n) is 10.5. The molecule has 68 heavy (non-hydrogen) atoms. The number of allylic oxidation sites excluding steroid dienone is 16. The van der Waals surface area contributed by atoms with Crippen LogP contribution in [0.1, 0.15) is 201 Å². The Labute approximate surface area is 412 Å². The molecule has 0 amide bonds. The second kappa shape index (κ2) is 49.8. The number of aliphatic hydroxyl groups excluding tert-OH is 1. The Kier molecular flexibility index (Phi) is 47.2. The fraction of sp³-hybridized carbons (Fsp3) is 0.661. The first-order chi connectivity index (χ1) is 33.2. The van der Waals surface area contributed by atoms with Gasteiger partial charge in [0.05, 0.1) is 19.8 Å². The van der Waals surface area contributed by atoms with Crippen LogP contribution in [0.25, 0.3) is 0 Å². The number of carbonyl (C=O) groups excluding carboxylic acids is 3. The largest absolute Gasteiger partial charge is 0.472 e. The van der Waals surface area contributed by atoms with Crippen molar-refractivity contribution in [3.8, 4) is 0 Å². The summed E-state index contributed by atoms with van der Waals surface area (Å²) in [7, 11) is -4.76. The number of hydrogen-bond acceptors (Lipinski definition) is 10. The molecule has 0 radical (unpaired) electrons. The van der Waals surface area contributed by atoms with Crippen LogP contribution in [-0.4, -0.2) is 66.5 Å². The molecule has 0 heterocycles. The Morgan fingerprint density at radius 1 is 0.426 bits per heavy atom. The molecule has 3 unspecified atom stereocenters. The van der Waals surface area contributed by atoms with Gasteiger partial charge in [0.25, 0.3) is 0 Å². The first kappa shape index (κ1) is 64.4. The van der Waals surface area contributed by atoms with Gasteiger partial charge in [-0.1, -0.05) is 182 Å². The Hall–Kier alpha value is -3.60. The number of esters is 3. The monoisotopic (exact) mass is 973 g/mol. The van der Waals surface area contributed by atoms with E-state index in [1.165, 1.54) is 44.9 Å². The number of phosphoric acid groups is 1. The summed E-state index contributed by atoms with van der Waals surface area (Å²) in [6.07, 6.45) is 56.7. The molecule has 0 rings (SSSR count). The summed E-state index contributed by atoms with van der Waals surface area (Å²) in [5.41, 5.74) is 0. The minimum absolute atomic E-state index is 0.102. The van der Waals surface area contributed by atoms with E-state index in [4.69, 9.17) is 23.3 Å². The van der Waals surface area contributed by atoms with Crippen molar-refractivity contribution in [2.75, 3.05) is 26.4 Å². The van der Waals surface area contributed by atoms with Crippen LogP contribution >= 0.6 is 7.82 Å². The lowest BCUT2D eigenvalue weighted by Gasteiger charge is -2.21. The van der Waals surface area contributed by atoms with Crippen LogP contribution in [0.2, 0.25) is 0 Å².